The number of carbonyl (C=O) groups excluding carboxylic acids is 2. The molecule has 1 aliphatic heterocycles. The van der Waals surface area contributed by atoms with E-state index in [1.165, 1.54) is 0 Å². The zero-order valence-corrected chi connectivity index (χ0v) is 12.1. The van der Waals surface area contributed by atoms with Gasteiger partial charge in [0.05, 0.1) is 12.1 Å². The number of carboxylic acids is 1. The molecule has 117 valence electrons. The van der Waals surface area contributed by atoms with E-state index in [1.54, 1.807) is 0 Å². The molecule has 0 saturated carbocycles. The molecular formula is C16H19N2O4. The van der Waals surface area contributed by atoms with Crippen LogP contribution in [0.4, 0.5) is 0 Å². The highest BCUT2D eigenvalue weighted by Crippen LogP contribution is 2.09. The highest BCUT2D eigenvalue weighted by molar-refractivity contribution is 6.09. The molecule has 2 rings (SSSR count). The fraction of sp³-hybridized carbons (Fsp3) is 0.375. The fourth-order valence-corrected chi connectivity index (χ4v) is 2.48. The Morgan fingerprint density at radius 1 is 1.32 bits per heavy atom. The number of hydrogen-bond acceptors (Lipinski definition) is 4. The summed E-state index contributed by atoms with van der Waals surface area (Å²) >= 11 is 0. The number of amides is 1. The minimum absolute atomic E-state index is 0.259. The summed E-state index contributed by atoms with van der Waals surface area (Å²) in [7, 11) is 0. The summed E-state index contributed by atoms with van der Waals surface area (Å²) < 4.78 is 0. The lowest BCUT2D eigenvalue weighted by Gasteiger charge is -2.19. The van der Waals surface area contributed by atoms with Crippen LogP contribution in [0, 0.1) is 6.42 Å². The standard InChI is InChI=1S/C16H19N2O4/c19-14(10-15(20)21)13(9-11-5-2-1-3-6-11)18-16(22)12-7-4-8-17-12/h1-3,5-6,10,12-13,17H,4,7-9H2,(H,18,22)(H,20,21)/t12-,13-/m0/s1. The SMILES string of the molecule is O=C(O)[CH]C(=O)[C@H](Cc1ccccc1)NC(=O)[C@@H]1CCCN1. The van der Waals surface area contributed by atoms with Crippen LogP contribution in [0.2, 0.25) is 0 Å². The number of hydrogen-bond donors (Lipinski definition) is 3. The molecule has 0 spiro atoms. The van der Waals surface area contributed by atoms with Crippen LogP contribution in [0.1, 0.15) is 18.4 Å². The van der Waals surface area contributed by atoms with Gasteiger partial charge in [0.1, 0.15) is 6.42 Å². The lowest BCUT2D eigenvalue weighted by atomic mass is 10.00. The van der Waals surface area contributed by atoms with E-state index in [2.05, 4.69) is 10.6 Å². The van der Waals surface area contributed by atoms with Gasteiger partial charge < -0.3 is 15.7 Å². The number of rotatable bonds is 7. The number of carboxylic acid groups (broad SMARTS) is 1. The van der Waals surface area contributed by atoms with E-state index < -0.39 is 17.8 Å². The molecule has 1 saturated heterocycles. The van der Waals surface area contributed by atoms with E-state index in [4.69, 9.17) is 5.11 Å². The fourth-order valence-electron chi connectivity index (χ4n) is 2.48. The monoisotopic (exact) mass is 303 g/mol. The Morgan fingerprint density at radius 2 is 2.05 bits per heavy atom. The van der Waals surface area contributed by atoms with Crippen LogP contribution >= 0.6 is 0 Å². The van der Waals surface area contributed by atoms with Gasteiger partial charge in [0.15, 0.2) is 5.78 Å². The molecule has 1 amide bonds. The van der Waals surface area contributed by atoms with Crippen molar-refractivity contribution in [2.45, 2.75) is 31.3 Å². The Kier molecular flexibility index (Phi) is 5.66. The van der Waals surface area contributed by atoms with Gasteiger partial charge in [-0.15, -0.1) is 0 Å². The van der Waals surface area contributed by atoms with Crippen LogP contribution in [0.15, 0.2) is 30.3 Å². The van der Waals surface area contributed by atoms with Gasteiger partial charge >= 0.3 is 5.97 Å². The van der Waals surface area contributed by atoms with Crippen molar-refractivity contribution in [3.8, 4) is 0 Å². The second-order valence-corrected chi connectivity index (χ2v) is 5.28. The molecule has 22 heavy (non-hydrogen) atoms. The van der Waals surface area contributed by atoms with Crippen molar-refractivity contribution >= 4 is 17.7 Å². The molecule has 1 aromatic carbocycles. The minimum atomic E-state index is -1.31. The Morgan fingerprint density at radius 3 is 2.64 bits per heavy atom. The maximum atomic E-state index is 12.1. The van der Waals surface area contributed by atoms with Crippen LogP contribution in [-0.4, -0.2) is 41.4 Å². The highest BCUT2D eigenvalue weighted by atomic mass is 16.4. The molecule has 6 nitrogen and oxygen atoms in total. The normalized spacial score (nSPS) is 18.6. The van der Waals surface area contributed by atoms with Crippen LogP contribution in [-0.2, 0) is 20.8 Å². The number of ketones is 1. The van der Waals surface area contributed by atoms with Crippen LogP contribution in [0.5, 0.6) is 0 Å². The maximum absolute atomic E-state index is 12.1. The van der Waals surface area contributed by atoms with Crippen molar-refractivity contribution in [3.05, 3.63) is 42.3 Å². The van der Waals surface area contributed by atoms with E-state index in [-0.39, 0.29) is 18.4 Å². The molecule has 1 aliphatic rings. The summed E-state index contributed by atoms with van der Waals surface area (Å²) in [6.07, 6.45) is 2.51. The first-order valence-corrected chi connectivity index (χ1v) is 7.25. The van der Waals surface area contributed by atoms with Gasteiger partial charge in [-0.3, -0.25) is 14.4 Å². The van der Waals surface area contributed by atoms with Gasteiger partial charge in [0, 0.05) is 0 Å². The molecule has 1 heterocycles. The molecule has 0 unspecified atom stereocenters. The van der Waals surface area contributed by atoms with E-state index in [1.807, 2.05) is 30.3 Å². The lowest BCUT2D eigenvalue weighted by Crippen LogP contribution is -2.49. The summed E-state index contributed by atoms with van der Waals surface area (Å²) in [6.45, 7) is 0.774. The van der Waals surface area contributed by atoms with E-state index >= 15 is 0 Å². The van der Waals surface area contributed by atoms with Crippen LogP contribution < -0.4 is 10.6 Å². The van der Waals surface area contributed by atoms with Crippen molar-refractivity contribution < 1.29 is 19.5 Å². The van der Waals surface area contributed by atoms with Gasteiger partial charge in [-0.25, -0.2) is 0 Å². The molecule has 1 fully saturated rings. The summed E-state index contributed by atoms with van der Waals surface area (Å²) in [5, 5.41) is 14.5. The highest BCUT2D eigenvalue weighted by Gasteiger charge is 2.28. The Balaban J connectivity index is 2.04. The van der Waals surface area contributed by atoms with Crippen molar-refractivity contribution in [2.75, 3.05) is 6.54 Å². The zero-order chi connectivity index (χ0) is 15.9. The van der Waals surface area contributed by atoms with Gasteiger partial charge in [-0.1, -0.05) is 30.3 Å². The second-order valence-electron chi connectivity index (χ2n) is 5.28. The molecule has 0 bridgehead atoms. The Labute approximate surface area is 128 Å². The Hall–Kier alpha value is -2.21. The van der Waals surface area contributed by atoms with Gasteiger partial charge in [-0.2, -0.15) is 0 Å². The number of aliphatic carboxylic acids is 1. The van der Waals surface area contributed by atoms with Gasteiger partial charge in [0.25, 0.3) is 0 Å². The van der Waals surface area contributed by atoms with Crippen molar-refractivity contribution in [1.29, 1.82) is 0 Å². The summed E-state index contributed by atoms with van der Waals surface area (Å²) in [5.74, 6) is -2.18. The average Bonchev–Trinajstić information content (AvgIpc) is 3.01. The van der Waals surface area contributed by atoms with Crippen LogP contribution in [0.3, 0.4) is 0 Å². The summed E-state index contributed by atoms with van der Waals surface area (Å²) in [6, 6.07) is 8.01. The third-order valence-corrected chi connectivity index (χ3v) is 3.59. The Bertz CT molecular complexity index is 538. The molecule has 0 aliphatic carbocycles. The zero-order valence-electron chi connectivity index (χ0n) is 12.1. The smallest absolute Gasteiger partial charge is 0.315 e. The topological polar surface area (TPSA) is 95.5 Å². The first-order valence-electron chi connectivity index (χ1n) is 7.25. The van der Waals surface area contributed by atoms with Crippen LogP contribution in [0.25, 0.3) is 0 Å². The summed E-state index contributed by atoms with van der Waals surface area (Å²) in [4.78, 5) is 34.9. The molecule has 1 aromatic rings. The third-order valence-electron chi connectivity index (χ3n) is 3.59. The first-order chi connectivity index (χ1) is 10.6. The first kappa shape index (κ1) is 16.2. The van der Waals surface area contributed by atoms with E-state index in [9.17, 15) is 14.4 Å². The molecule has 3 N–H and O–H groups in total. The second kappa shape index (κ2) is 7.70. The molecule has 0 aromatic heterocycles. The van der Waals surface area contributed by atoms with Crippen molar-refractivity contribution in [3.63, 3.8) is 0 Å². The van der Waals surface area contributed by atoms with E-state index in [0.717, 1.165) is 24.9 Å². The molecule has 2 atom stereocenters. The number of Topliss-reactive ketones (excluding diaryl/α,β-unsaturated/α-hetero) is 1. The van der Waals surface area contributed by atoms with E-state index in [0.29, 0.717) is 6.42 Å². The number of benzene rings is 1. The number of carbonyl (C=O) groups is 3. The van der Waals surface area contributed by atoms with Gasteiger partial charge in [0.2, 0.25) is 5.91 Å². The van der Waals surface area contributed by atoms with Gasteiger partial charge in [-0.05, 0) is 31.4 Å². The quantitative estimate of drug-likeness (QED) is 0.631. The third kappa shape index (κ3) is 4.66. The summed E-state index contributed by atoms with van der Waals surface area (Å²) in [5.41, 5.74) is 0.860. The largest absolute Gasteiger partial charge is 0.481 e. The number of nitrogens with one attached hydrogen (secondary N) is 2. The minimum Gasteiger partial charge on any atom is -0.481 e. The molecular weight excluding hydrogens is 284 g/mol. The van der Waals surface area contributed by atoms with Crippen molar-refractivity contribution in [2.24, 2.45) is 0 Å². The predicted molar refractivity (Wildman–Crippen MR) is 80.0 cm³/mol. The maximum Gasteiger partial charge on any atom is 0.315 e. The average molecular weight is 303 g/mol. The predicted octanol–water partition coefficient (Wildman–Crippen LogP) is 0.324. The molecule has 6 heteroatoms. The van der Waals surface area contributed by atoms with Crippen molar-refractivity contribution in [1.82, 2.24) is 10.6 Å². The molecule has 1 radical (unpaired) electrons. The lowest BCUT2D eigenvalue weighted by molar-refractivity contribution is -0.136.